The first-order valence-corrected chi connectivity index (χ1v) is 6.78. The molecule has 1 aliphatic rings. The van der Waals surface area contributed by atoms with Crippen LogP contribution >= 0.6 is 0 Å². The van der Waals surface area contributed by atoms with Crippen molar-refractivity contribution in [1.82, 2.24) is 15.2 Å². The molecule has 1 aliphatic heterocycles. The molecule has 21 heavy (non-hydrogen) atoms. The van der Waals surface area contributed by atoms with E-state index in [1.165, 1.54) is 0 Å². The lowest BCUT2D eigenvalue weighted by atomic mass is 10.0. The molecule has 2 aromatic rings. The Bertz CT molecular complexity index is 654. The molecule has 0 bridgehead atoms. The van der Waals surface area contributed by atoms with E-state index in [4.69, 9.17) is 10.5 Å². The third-order valence-corrected chi connectivity index (χ3v) is 3.48. The van der Waals surface area contributed by atoms with Crippen LogP contribution in [0.5, 0.6) is 0 Å². The number of nitrogens with two attached hydrogens (primary N) is 1. The minimum Gasteiger partial charge on any atom is -0.379 e. The van der Waals surface area contributed by atoms with E-state index in [0.29, 0.717) is 24.7 Å². The number of nitrogens with one attached hydrogen (secondary N) is 2. The zero-order valence-electron chi connectivity index (χ0n) is 11.7. The summed E-state index contributed by atoms with van der Waals surface area (Å²) in [6, 6.07) is 7.15. The van der Waals surface area contributed by atoms with Gasteiger partial charge < -0.3 is 15.8 Å². The average molecular weight is 287 g/mol. The molecule has 1 amide bonds. The number of ether oxygens (including phenoxy) is 1. The lowest BCUT2D eigenvalue weighted by Gasteiger charge is -2.14. The van der Waals surface area contributed by atoms with Crippen molar-refractivity contribution in [2.45, 2.75) is 13.0 Å². The minimum absolute atomic E-state index is 0.139. The normalized spacial score (nSPS) is 21.4. The summed E-state index contributed by atoms with van der Waals surface area (Å²) in [6.45, 7) is 2.60. The smallest absolute Gasteiger partial charge is 0.231 e. The highest BCUT2D eigenvalue weighted by Gasteiger charge is 2.31. The molecular weight excluding hydrogens is 270 g/mol. The standard InChI is InChI=1S/C14H17N5O2/c1-8-16-13(19-18-8)9-4-2-3-5-12(9)17-14(20)10-6-21-7-11(10)15/h2-5,10-11H,6-7,15H2,1H3,(H,17,20)(H,16,18,19). The number of H-pyrrole nitrogens is 1. The van der Waals surface area contributed by atoms with Gasteiger partial charge in [0.1, 0.15) is 5.82 Å². The van der Waals surface area contributed by atoms with Crippen molar-refractivity contribution in [1.29, 1.82) is 0 Å². The molecule has 4 N–H and O–H groups in total. The number of nitrogens with zero attached hydrogens (tertiary/aromatic N) is 2. The fraction of sp³-hybridized carbons (Fsp3) is 0.357. The molecule has 7 nitrogen and oxygen atoms in total. The van der Waals surface area contributed by atoms with E-state index >= 15 is 0 Å². The molecule has 7 heteroatoms. The van der Waals surface area contributed by atoms with Crippen molar-refractivity contribution in [2.24, 2.45) is 11.7 Å². The predicted octanol–water partition coefficient (Wildman–Crippen LogP) is 0.692. The molecule has 1 aromatic carbocycles. The molecule has 2 atom stereocenters. The third kappa shape index (κ3) is 2.79. The molecule has 1 fully saturated rings. The molecule has 0 saturated carbocycles. The summed E-state index contributed by atoms with van der Waals surface area (Å²) in [6.07, 6.45) is 0. The van der Waals surface area contributed by atoms with E-state index in [1.54, 1.807) is 0 Å². The number of carbonyl (C=O) groups excluding carboxylic acids is 1. The summed E-state index contributed by atoms with van der Waals surface area (Å²) >= 11 is 0. The molecule has 2 heterocycles. The van der Waals surface area contributed by atoms with Gasteiger partial charge in [0.25, 0.3) is 0 Å². The maximum absolute atomic E-state index is 12.3. The van der Waals surface area contributed by atoms with E-state index < -0.39 is 0 Å². The summed E-state index contributed by atoms with van der Waals surface area (Å²) in [5.74, 6) is 0.805. The van der Waals surface area contributed by atoms with Gasteiger partial charge in [-0.15, -0.1) is 0 Å². The van der Waals surface area contributed by atoms with Gasteiger partial charge in [0.15, 0.2) is 5.82 Å². The van der Waals surface area contributed by atoms with Crippen LogP contribution in [0, 0.1) is 12.8 Å². The van der Waals surface area contributed by atoms with E-state index in [-0.39, 0.29) is 17.9 Å². The number of carbonyl (C=O) groups is 1. The van der Waals surface area contributed by atoms with E-state index in [2.05, 4.69) is 20.5 Å². The maximum atomic E-state index is 12.3. The minimum atomic E-state index is -0.327. The molecule has 0 aliphatic carbocycles. The van der Waals surface area contributed by atoms with E-state index in [9.17, 15) is 4.79 Å². The second-order valence-electron chi connectivity index (χ2n) is 5.09. The van der Waals surface area contributed by atoms with Crippen LogP contribution < -0.4 is 11.1 Å². The van der Waals surface area contributed by atoms with Gasteiger partial charge in [-0.25, -0.2) is 4.98 Å². The van der Waals surface area contributed by atoms with Crippen LogP contribution in [-0.4, -0.2) is 40.3 Å². The van der Waals surface area contributed by atoms with E-state index in [1.807, 2.05) is 31.2 Å². The largest absolute Gasteiger partial charge is 0.379 e. The maximum Gasteiger partial charge on any atom is 0.231 e. The molecule has 0 radical (unpaired) electrons. The van der Waals surface area contributed by atoms with Gasteiger partial charge in [0.05, 0.1) is 24.8 Å². The highest BCUT2D eigenvalue weighted by molar-refractivity contribution is 5.96. The van der Waals surface area contributed by atoms with Crippen LogP contribution in [0.4, 0.5) is 5.69 Å². The topological polar surface area (TPSA) is 106 Å². The average Bonchev–Trinajstić information content (AvgIpc) is 3.08. The zero-order chi connectivity index (χ0) is 14.8. The highest BCUT2D eigenvalue weighted by Crippen LogP contribution is 2.26. The Morgan fingerprint density at radius 1 is 1.43 bits per heavy atom. The Hall–Kier alpha value is -2.25. The summed E-state index contributed by atoms with van der Waals surface area (Å²) in [5.41, 5.74) is 7.30. The van der Waals surface area contributed by atoms with Gasteiger partial charge in [-0.1, -0.05) is 12.1 Å². The number of anilines is 1. The van der Waals surface area contributed by atoms with E-state index in [0.717, 1.165) is 11.4 Å². The number of hydrogen-bond donors (Lipinski definition) is 3. The third-order valence-electron chi connectivity index (χ3n) is 3.48. The molecule has 2 unspecified atom stereocenters. The zero-order valence-corrected chi connectivity index (χ0v) is 11.7. The van der Waals surface area contributed by atoms with Gasteiger partial charge in [0.2, 0.25) is 5.91 Å². The number of rotatable bonds is 3. The van der Waals surface area contributed by atoms with Crippen LogP contribution in [0.1, 0.15) is 5.82 Å². The Morgan fingerprint density at radius 2 is 2.24 bits per heavy atom. The summed E-state index contributed by atoms with van der Waals surface area (Å²) in [7, 11) is 0. The number of aryl methyl sites for hydroxylation is 1. The number of aromatic amines is 1. The molecular formula is C14H17N5O2. The fourth-order valence-corrected chi connectivity index (χ4v) is 2.32. The van der Waals surface area contributed by atoms with Crippen molar-refractivity contribution < 1.29 is 9.53 Å². The van der Waals surface area contributed by atoms with Crippen LogP contribution in [0.25, 0.3) is 11.4 Å². The summed E-state index contributed by atoms with van der Waals surface area (Å²) in [5, 5.41) is 9.82. The number of aromatic nitrogens is 3. The van der Waals surface area contributed by atoms with Gasteiger partial charge in [-0.3, -0.25) is 9.89 Å². The molecule has 3 rings (SSSR count). The number of para-hydroxylation sites is 1. The van der Waals surface area contributed by atoms with Crippen LogP contribution in [0.3, 0.4) is 0 Å². The molecule has 110 valence electrons. The second-order valence-corrected chi connectivity index (χ2v) is 5.09. The first-order valence-electron chi connectivity index (χ1n) is 6.78. The molecule has 0 spiro atoms. The molecule has 1 saturated heterocycles. The SMILES string of the molecule is Cc1nc(-c2ccccc2NC(=O)C2COCC2N)n[nH]1. The molecule has 1 aromatic heterocycles. The second kappa shape index (κ2) is 5.63. The Kier molecular flexibility index (Phi) is 3.68. The number of hydrogen-bond acceptors (Lipinski definition) is 5. The lowest BCUT2D eigenvalue weighted by Crippen LogP contribution is -2.37. The highest BCUT2D eigenvalue weighted by atomic mass is 16.5. The fourth-order valence-electron chi connectivity index (χ4n) is 2.32. The predicted molar refractivity (Wildman–Crippen MR) is 77.5 cm³/mol. The lowest BCUT2D eigenvalue weighted by molar-refractivity contribution is -0.120. The van der Waals surface area contributed by atoms with Crippen molar-refractivity contribution in [3.8, 4) is 11.4 Å². The number of amides is 1. The van der Waals surface area contributed by atoms with Gasteiger partial charge in [-0.05, 0) is 19.1 Å². The van der Waals surface area contributed by atoms with Crippen LogP contribution in [0.2, 0.25) is 0 Å². The Labute approximate surface area is 121 Å². The van der Waals surface area contributed by atoms with Gasteiger partial charge in [0, 0.05) is 11.6 Å². The van der Waals surface area contributed by atoms with Crippen molar-refractivity contribution in [3.63, 3.8) is 0 Å². The van der Waals surface area contributed by atoms with Gasteiger partial charge >= 0.3 is 0 Å². The first kappa shape index (κ1) is 13.7. The quantitative estimate of drug-likeness (QED) is 0.770. The van der Waals surface area contributed by atoms with Crippen LogP contribution in [-0.2, 0) is 9.53 Å². The summed E-state index contributed by atoms with van der Waals surface area (Å²) < 4.78 is 5.23. The Balaban J connectivity index is 1.84. The monoisotopic (exact) mass is 287 g/mol. The van der Waals surface area contributed by atoms with Crippen molar-refractivity contribution >= 4 is 11.6 Å². The van der Waals surface area contributed by atoms with Crippen LogP contribution in [0.15, 0.2) is 24.3 Å². The number of benzene rings is 1. The van der Waals surface area contributed by atoms with Crippen molar-refractivity contribution in [2.75, 3.05) is 18.5 Å². The van der Waals surface area contributed by atoms with Crippen molar-refractivity contribution in [3.05, 3.63) is 30.1 Å². The summed E-state index contributed by atoms with van der Waals surface area (Å²) in [4.78, 5) is 16.6. The Morgan fingerprint density at radius 3 is 2.90 bits per heavy atom. The first-order chi connectivity index (χ1) is 10.1. The van der Waals surface area contributed by atoms with Gasteiger partial charge in [-0.2, -0.15) is 5.10 Å².